The molecule has 1 amide bonds. The molecule has 8 heteroatoms. The molecule has 6 aliphatic rings. The monoisotopic (exact) mass is 395 g/mol. The van der Waals surface area contributed by atoms with E-state index in [0.717, 1.165) is 51.4 Å². The number of carbonyl (C=O) groups is 1. The van der Waals surface area contributed by atoms with Gasteiger partial charge in [-0.15, -0.1) is 0 Å². The molecule has 0 bridgehead atoms. The predicted octanol–water partition coefficient (Wildman–Crippen LogP) is 2.34. The van der Waals surface area contributed by atoms with Crippen molar-refractivity contribution in [1.29, 1.82) is 0 Å². The molecule has 0 unspecified atom stereocenters. The number of nitrogens with one attached hydrogen (secondary N) is 1. The molecule has 6 fully saturated rings. The van der Waals surface area contributed by atoms with Gasteiger partial charge in [0, 0.05) is 25.7 Å². The number of rotatable bonds is 1. The maximum atomic E-state index is 12.1. The second-order valence-corrected chi connectivity index (χ2v) is 9.19. The van der Waals surface area contributed by atoms with Gasteiger partial charge in [0.1, 0.15) is 12.2 Å². The third-order valence-corrected chi connectivity index (χ3v) is 7.40. The van der Waals surface area contributed by atoms with Gasteiger partial charge < -0.3 is 33.7 Å². The number of carbonyl (C=O) groups excluding carboxylic acids is 1. The summed E-state index contributed by atoms with van der Waals surface area (Å²) in [7, 11) is 0. The standard InChI is InChI=1S/C20H29NO7/c22-17-21-12-20(28-17)14(13-11-23-18(25-13)7-3-1-4-8-18)24-16-15(20)26-19(27-16)9-5-2-6-10-19/h13-16H,1-12H2,(H,21,22)/t13-,14-,15+,16-,20+/m1/s1. The largest absolute Gasteiger partial charge is 0.435 e. The summed E-state index contributed by atoms with van der Waals surface area (Å²) in [5, 5.41) is 2.81. The molecule has 0 aromatic rings. The van der Waals surface area contributed by atoms with Crippen molar-refractivity contribution in [3.05, 3.63) is 0 Å². The fourth-order valence-electron chi connectivity index (χ4n) is 6.02. The number of hydrogen-bond acceptors (Lipinski definition) is 7. The van der Waals surface area contributed by atoms with Gasteiger partial charge in [0.2, 0.25) is 0 Å². The number of hydrogen-bond donors (Lipinski definition) is 1. The van der Waals surface area contributed by atoms with Crippen LogP contribution in [0.3, 0.4) is 0 Å². The molecule has 3 spiro atoms. The predicted molar refractivity (Wildman–Crippen MR) is 94.3 cm³/mol. The molecular formula is C20H29NO7. The molecule has 0 aromatic heterocycles. The third kappa shape index (κ3) is 2.58. The molecule has 8 nitrogen and oxygen atoms in total. The average Bonchev–Trinajstić information content (AvgIpc) is 3.43. The zero-order valence-electron chi connectivity index (χ0n) is 16.2. The second kappa shape index (κ2) is 6.28. The van der Waals surface area contributed by atoms with Crippen LogP contribution in [0.4, 0.5) is 4.79 Å². The van der Waals surface area contributed by atoms with Crippen LogP contribution in [0.5, 0.6) is 0 Å². The highest BCUT2D eigenvalue weighted by Crippen LogP contribution is 2.52. The van der Waals surface area contributed by atoms with Gasteiger partial charge in [-0.2, -0.15) is 0 Å². The van der Waals surface area contributed by atoms with Crippen molar-refractivity contribution in [1.82, 2.24) is 5.32 Å². The first-order valence-electron chi connectivity index (χ1n) is 10.9. The fraction of sp³-hybridized carbons (Fsp3) is 0.950. The van der Waals surface area contributed by atoms with E-state index < -0.39 is 41.8 Å². The van der Waals surface area contributed by atoms with Crippen LogP contribution >= 0.6 is 0 Å². The minimum absolute atomic E-state index is 0.300. The summed E-state index contributed by atoms with van der Waals surface area (Å²) in [6.45, 7) is 0.776. The average molecular weight is 395 g/mol. The van der Waals surface area contributed by atoms with E-state index in [9.17, 15) is 4.79 Å². The minimum Gasteiger partial charge on any atom is -0.435 e. The lowest BCUT2D eigenvalue weighted by molar-refractivity contribution is -0.268. The molecule has 5 atom stereocenters. The van der Waals surface area contributed by atoms with Crippen molar-refractivity contribution < 1.29 is 33.2 Å². The molecule has 28 heavy (non-hydrogen) atoms. The minimum atomic E-state index is -0.934. The van der Waals surface area contributed by atoms with Crippen molar-refractivity contribution in [2.75, 3.05) is 13.2 Å². The van der Waals surface area contributed by atoms with Crippen LogP contribution in [0, 0.1) is 0 Å². The lowest BCUT2D eigenvalue weighted by Crippen LogP contribution is -2.57. The van der Waals surface area contributed by atoms with Crippen molar-refractivity contribution >= 4 is 6.09 Å². The molecule has 156 valence electrons. The van der Waals surface area contributed by atoms with Gasteiger partial charge in [-0.1, -0.05) is 12.8 Å². The Hall–Kier alpha value is -0.930. The van der Waals surface area contributed by atoms with Crippen LogP contribution in [0.1, 0.15) is 64.2 Å². The van der Waals surface area contributed by atoms with Crippen molar-refractivity contribution in [3.8, 4) is 0 Å². The van der Waals surface area contributed by atoms with Gasteiger partial charge in [-0.3, -0.25) is 0 Å². The van der Waals surface area contributed by atoms with E-state index in [0.29, 0.717) is 13.2 Å². The summed E-state index contributed by atoms with van der Waals surface area (Å²) in [4.78, 5) is 12.1. The van der Waals surface area contributed by atoms with Crippen molar-refractivity contribution in [2.24, 2.45) is 0 Å². The van der Waals surface area contributed by atoms with Crippen molar-refractivity contribution in [2.45, 2.75) is 106 Å². The summed E-state index contributed by atoms with van der Waals surface area (Å²) in [6, 6.07) is 0. The highest BCUT2D eigenvalue weighted by Gasteiger charge is 2.71. The van der Waals surface area contributed by atoms with Gasteiger partial charge in [-0.05, 0) is 25.7 Å². The fourth-order valence-corrected chi connectivity index (χ4v) is 6.02. The molecule has 1 N–H and O–H groups in total. The van der Waals surface area contributed by atoms with Gasteiger partial charge in [0.05, 0.1) is 13.2 Å². The summed E-state index contributed by atoms with van der Waals surface area (Å²) in [6.07, 6.45) is 8.14. The number of fused-ring (bicyclic) bond motifs is 2. The van der Waals surface area contributed by atoms with Crippen LogP contribution < -0.4 is 5.32 Å². The molecule has 4 heterocycles. The molecule has 4 saturated heterocycles. The number of ether oxygens (including phenoxy) is 6. The van der Waals surface area contributed by atoms with Crippen LogP contribution in [0.2, 0.25) is 0 Å². The van der Waals surface area contributed by atoms with E-state index in [4.69, 9.17) is 28.4 Å². The van der Waals surface area contributed by atoms with Crippen LogP contribution in [0.25, 0.3) is 0 Å². The third-order valence-electron chi connectivity index (χ3n) is 7.40. The maximum absolute atomic E-state index is 12.1. The van der Waals surface area contributed by atoms with E-state index in [-0.39, 0.29) is 6.10 Å². The summed E-state index contributed by atoms with van der Waals surface area (Å²) in [5.41, 5.74) is -0.934. The zero-order chi connectivity index (χ0) is 18.8. The van der Waals surface area contributed by atoms with Gasteiger partial charge in [0.25, 0.3) is 0 Å². The Labute approximate surface area is 164 Å². The first kappa shape index (κ1) is 17.9. The Morgan fingerprint density at radius 3 is 2.21 bits per heavy atom. The Bertz CT molecular complexity index is 644. The van der Waals surface area contributed by atoms with E-state index in [1.54, 1.807) is 0 Å². The Morgan fingerprint density at radius 1 is 0.821 bits per heavy atom. The lowest BCUT2D eigenvalue weighted by atomic mass is 9.89. The molecule has 0 radical (unpaired) electrons. The smallest absolute Gasteiger partial charge is 0.408 e. The lowest BCUT2D eigenvalue weighted by Gasteiger charge is -2.38. The Balaban J connectivity index is 1.26. The van der Waals surface area contributed by atoms with Crippen LogP contribution in [-0.2, 0) is 28.4 Å². The van der Waals surface area contributed by atoms with E-state index in [2.05, 4.69) is 5.32 Å². The second-order valence-electron chi connectivity index (χ2n) is 9.19. The van der Waals surface area contributed by atoms with Gasteiger partial charge >= 0.3 is 6.09 Å². The zero-order valence-corrected chi connectivity index (χ0v) is 16.2. The molecular weight excluding hydrogens is 366 g/mol. The molecule has 2 aliphatic carbocycles. The van der Waals surface area contributed by atoms with E-state index in [1.165, 1.54) is 12.8 Å². The van der Waals surface area contributed by atoms with Gasteiger partial charge in [-0.25, -0.2) is 4.79 Å². The number of amides is 1. The summed E-state index contributed by atoms with van der Waals surface area (Å²) >= 11 is 0. The highest BCUT2D eigenvalue weighted by molar-refractivity contribution is 5.70. The van der Waals surface area contributed by atoms with Crippen LogP contribution in [-0.4, -0.2) is 61.0 Å². The maximum Gasteiger partial charge on any atom is 0.408 e. The summed E-state index contributed by atoms with van der Waals surface area (Å²) < 4.78 is 37.5. The van der Waals surface area contributed by atoms with E-state index in [1.807, 2.05) is 0 Å². The highest BCUT2D eigenvalue weighted by atomic mass is 16.9. The molecule has 4 aliphatic heterocycles. The summed E-state index contributed by atoms with van der Waals surface area (Å²) in [5.74, 6) is -1.11. The van der Waals surface area contributed by atoms with Crippen molar-refractivity contribution in [3.63, 3.8) is 0 Å². The quantitative estimate of drug-likeness (QED) is 0.729. The molecule has 2 saturated carbocycles. The normalized spacial score (nSPS) is 46.2. The van der Waals surface area contributed by atoms with Gasteiger partial charge in [0.15, 0.2) is 29.6 Å². The first-order valence-corrected chi connectivity index (χ1v) is 10.9. The Kier molecular flexibility index (Phi) is 4.01. The number of alkyl carbamates (subject to hydrolysis) is 1. The molecule has 6 rings (SSSR count). The topological polar surface area (TPSA) is 84.5 Å². The van der Waals surface area contributed by atoms with Crippen LogP contribution in [0.15, 0.2) is 0 Å². The Morgan fingerprint density at radius 2 is 1.54 bits per heavy atom. The van der Waals surface area contributed by atoms with E-state index >= 15 is 0 Å². The molecule has 0 aromatic carbocycles. The SMILES string of the molecule is O=C1NC[C@]2(O1)[C@@H]([C@H]1COC3(CCCCC3)O1)O[C@@H]1OC3(CCCCC3)O[C@@H]12. The first-order chi connectivity index (χ1) is 13.6.